The molecule has 0 aliphatic carbocycles. The summed E-state index contributed by atoms with van der Waals surface area (Å²) in [5.74, 6) is 0.960. The van der Waals surface area contributed by atoms with Gasteiger partial charge < -0.3 is 9.72 Å². The molecule has 4 rings (SSSR count). The minimum absolute atomic E-state index is 0.142. The second-order valence-corrected chi connectivity index (χ2v) is 6.48. The summed E-state index contributed by atoms with van der Waals surface area (Å²) in [6.07, 6.45) is 2.99. The smallest absolute Gasteiger partial charge is 0.163 e. The number of pyridine rings is 1. The molecule has 0 spiro atoms. The summed E-state index contributed by atoms with van der Waals surface area (Å²) >= 11 is 0. The van der Waals surface area contributed by atoms with Crippen molar-refractivity contribution >= 4 is 27.6 Å². The number of aryl methyl sites for hydroxylation is 2. The molecule has 0 saturated carbocycles. The second-order valence-electron chi connectivity index (χ2n) is 6.48. The molecular weight excluding hydrogens is 324 g/mol. The maximum atomic E-state index is 12.6. The first-order valence-electron chi connectivity index (χ1n) is 8.69. The third kappa shape index (κ3) is 2.94. The molecule has 2 aromatic heterocycles. The average molecular weight is 344 g/mol. The number of fused-ring (bicyclic) bond motifs is 3. The molecule has 26 heavy (non-hydrogen) atoms. The van der Waals surface area contributed by atoms with Crippen LogP contribution in [0.2, 0.25) is 0 Å². The lowest BCUT2D eigenvalue weighted by Gasteiger charge is -2.05. The Balaban J connectivity index is 1.58. The monoisotopic (exact) mass is 344 g/mol. The van der Waals surface area contributed by atoms with E-state index in [0.717, 1.165) is 44.4 Å². The molecule has 0 unspecified atom stereocenters. The predicted octanol–water partition coefficient (Wildman–Crippen LogP) is 4.85. The molecule has 0 aliphatic rings. The van der Waals surface area contributed by atoms with Crippen LogP contribution in [0.4, 0.5) is 0 Å². The molecule has 0 saturated heterocycles. The van der Waals surface area contributed by atoms with Gasteiger partial charge in [-0.15, -0.1) is 0 Å². The summed E-state index contributed by atoms with van der Waals surface area (Å²) in [5.41, 5.74) is 4.81. The van der Waals surface area contributed by atoms with E-state index in [-0.39, 0.29) is 5.78 Å². The van der Waals surface area contributed by atoms with Crippen molar-refractivity contribution in [3.05, 3.63) is 71.5 Å². The highest BCUT2D eigenvalue weighted by atomic mass is 16.5. The minimum Gasteiger partial charge on any atom is -0.497 e. The fraction of sp³-hybridized carbons (Fsp3) is 0.182. The Kier molecular flexibility index (Phi) is 4.17. The summed E-state index contributed by atoms with van der Waals surface area (Å²) in [6.45, 7) is 1.98. The van der Waals surface area contributed by atoms with E-state index in [1.807, 2.05) is 61.7 Å². The Labute approximate surface area is 151 Å². The van der Waals surface area contributed by atoms with Crippen LogP contribution in [-0.4, -0.2) is 22.9 Å². The molecule has 1 N–H and O–H groups in total. The number of ether oxygens (including phenoxy) is 1. The predicted molar refractivity (Wildman–Crippen MR) is 104 cm³/mol. The topological polar surface area (TPSA) is 55.0 Å². The number of Topliss-reactive ketones (excluding diaryl/α,β-unsaturated/α-hetero) is 1. The molecule has 4 aromatic rings. The van der Waals surface area contributed by atoms with Gasteiger partial charge in [-0.25, -0.2) is 0 Å². The molecule has 0 atom stereocenters. The van der Waals surface area contributed by atoms with Gasteiger partial charge in [0.05, 0.1) is 18.3 Å². The van der Waals surface area contributed by atoms with Crippen LogP contribution in [0.15, 0.2) is 54.7 Å². The number of rotatable bonds is 5. The van der Waals surface area contributed by atoms with E-state index >= 15 is 0 Å². The van der Waals surface area contributed by atoms with Gasteiger partial charge in [-0.05, 0) is 43.2 Å². The van der Waals surface area contributed by atoms with Gasteiger partial charge in [-0.2, -0.15) is 0 Å². The van der Waals surface area contributed by atoms with Crippen molar-refractivity contribution in [1.29, 1.82) is 0 Å². The van der Waals surface area contributed by atoms with Gasteiger partial charge >= 0.3 is 0 Å². The highest BCUT2D eigenvalue weighted by molar-refractivity contribution is 6.10. The maximum Gasteiger partial charge on any atom is 0.163 e. The number of ketones is 1. The number of hydrogen-bond acceptors (Lipinski definition) is 3. The number of H-pyrrole nitrogens is 1. The zero-order chi connectivity index (χ0) is 18.1. The largest absolute Gasteiger partial charge is 0.497 e. The van der Waals surface area contributed by atoms with Crippen LogP contribution in [0, 0.1) is 6.92 Å². The number of nitrogens with zero attached hydrogens (tertiary/aromatic N) is 1. The third-order valence-electron chi connectivity index (χ3n) is 4.81. The number of aromatic amines is 1. The number of hydrogen-bond donors (Lipinski definition) is 1. The zero-order valence-electron chi connectivity index (χ0n) is 14.9. The Bertz CT molecular complexity index is 1110. The van der Waals surface area contributed by atoms with Crippen molar-refractivity contribution in [2.75, 3.05) is 7.11 Å². The van der Waals surface area contributed by atoms with E-state index in [4.69, 9.17) is 4.74 Å². The summed E-state index contributed by atoms with van der Waals surface area (Å²) in [6, 6.07) is 15.7. The molecule has 0 fully saturated rings. The van der Waals surface area contributed by atoms with Gasteiger partial charge in [-0.1, -0.05) is 24.3 Å². The molecule has 0 radical (unpaired) electrons. The standard InChI is InChI=1S/C22H20N2O2/c1-14-22-19(10-11-23-14)18-8-7-16(13-20(18)24-22)21(25)9-6-15-4-3-5-17(12-15)26-2/h3-5,7-8,10-13,24H,6,9H2,1-2H3. The third-order valence-corrected chi connectivity index (χ3v) is 4.81. The van der Waals surface area contributed by atoms with Crippen molar-refractivity contribution in [3.8, 4) is 5.75 Å². The van der Waals surface area contributed by atoms with Crippen molar-refractivity contribution in [3.63, 3.8) is 0 Å². The fourth-order valence-electron chi connectivity index (χ4n) is 3.37. The molecule has 4 heteroatoms. The molecule has 0 bridgehead atoms. The zero-order valence-corrected chi connectivity index (χ0v) is 14.9. The normalized spacial score (nSPS) is 11.2. The summed E-state index contributed by atoms with van der Waals surface area (Å²) in [4.78, 5) is 20.4. The fourth-order valence-corrected chi connectivity index (χ4v) is 3.37. The van der Waals surface area contributed by atoms with Crippen molar-refractivity contribution in [2.45, 2.75) is 19.8 Å². The summed E-state index contributed by atoms with van der Waals surface area (Å²) in [5, 5.41) is 2.26. The van der Waals surface area contributed by atoms with Gasteiger partial charge in [0.25, 0.3) is 0 Å². The van der Waals surface area contributed by atoms with Crippen LogP contribution in [0.5, 0.6) is 5.75 Å². The van der Waals surface area contributed by atoms with Crippen LogP contribution < -0.4 is 4.74 Å². The van der Waals surface area contributed by atoms with E-state index in [1.54, 1.807) is 7.11 Å². The number of aromatic nitrogens is 2. The lowest BCUT2D eigenvalue weighted by Crippen LogP contribution is -2.01. The van der Waals surface area contributed by atoms with E-state index in [1.165, 1.54) is 0 Å². The van der Waals surface area contributed by atoms with Crippen molar-refractivity contribution in [2.24, 2.45) is 0 Å². The minimum atomic E-state index is 0.142. The van der Waals surface area contributed by atoms with Crippen LogP contribution in [0.3, 0.4) is 0 Å². The molecular formula is C22H20N2O2. The van der Waals surface area contributed by atoms with E-state index in [9.17, 15) is 4.79 Å². The van der Waals surface area contributed by atoms with Gasteiger partial charge in [0, 0.05) is 34.5 Å². The summed E-state index contributed by atoms with van der Waals surface area (Å²) in [7, 11) is 1.65. The lowest BCUT2D eigenvalue weighted by molar-refractivity contribution is 0.0983. The Morgan fingerprint density at radius 3 is 2.85 bits per heavy atom. The molecule has 2 aromatic carbocycles. The lowest BCUT2D eigenvalue weighted by atomic mass is 10.0. The molecule has 4 nitrogen and oxygen atoms in total. The second kappa shape index (κ2) is 6.64. The van der Waals surface area contributed by atoms with Crippen LogP contribution in [0.25, 0.3) is 21.8 Å². The number of carbonyl (C=O) groups is 1. The Morgan fingerprint density at radius 1 is 1.12 bits per heavy atom. The summed E-state index contributed by atoms with van der Waals surface area (Å²) < 4.78 is 5.24. The maximum absolute atomic E-state index is 12.6. The first-order valence-corrected chi connectivity index (χ1v) is 8.69. The first-order chi connectivity index (χ1) is 12.7. The van der Waals surface area contributed by atoms with Gasteiger partial charge in [-0.3, -0.25) is 9.78 Å². The van der Waals surface area contributed by atoms with Crippen LogP contribution in [-0.2, 0) is 6.42 Å². The number of benzene rings is 2. The van der Waals surface area contributed by atoms with Crippen molar-refractivity contribution in [1.82, 2.24) is 9.97 Å². The molecule has 2 heterocycles. The van der Waals surface area contributed by atoms with E-state index in [0.29, 0.717) is 12.8 Å². The van der Waals surface area contributed by atoms with E-state index < -0.39 is 0 Å². The highest BCUT2D eigenvalue weighted by Crippen LogP contribution is 2.27. The van der Waals surface area contributed by atoms with Crippen LogP contribution >= 0.6 is 0 Å². The number of nitrogens with one attached hydrogen (secondary N) is 1. The van der Waals surface area contributed by atoms with Crippen molar-refractivity contribution < 1.29 is 9.53 Å². The SMILES string of the molecule is COc1cccc(CCC(=O)c2ccc3c(c2)[nH]c2c(C)nccc23)c1. The van der Waals surface area contributed by atoms with Crippen LogP contribution in [0.1, 0.15) is 28.0 Å². The quantitative estimate of drug-likeness (QED) is 0.527. The van der Waals surface area contributed by atoms with Gasteiger partial charge in [0.2, 0.25) is 0 Å². The number of carbonyl (C=O) groups excluding carboxylic acids is 1. The molecule has 0 amide bonds. The number of methoxy groups -OCH3 is 1. The van der Waals surface area contributed by atoms with Gasteiger partial charge in [0.15, 0.2) is 5.78 Å². The highest BCUT2D eigenvalue weighted by Gasteiger charge is 2.11. The Hall–Kier alpha value is -3.14. The first kappa shape index (κ1) is 16.3. The van der Waals surface area contributed by atoms with Gasteiger partial charge in [0.1, 0.15) is 5.75 Å². The molecule has 130 valence electrons. The van der Waals surface area contributed by atoms with E-state index in [2.05, 4.69) is 9.97 Å². The molecule has 0 aliphatic heterocycles. The average Bonchev–Trinajstić information content (AvgIpc) is 3.05. The Morgan fingerprint density at radius 2 is 2.00 bits per heavy atom.